The molecule has 0 aliphatic carbocycles. The highest BCUT2D eigenvalue weighted by Crippen LogP contribution is 2.42. The van der Waals surface area contributed by atoms with Crippen LogP contribution in [0.3, 0.4) is 0 Å². The molecule has 1 atom stereocenters. The number of hydrogen-bond donors (Lipinski definition) is 2. The Hall–Kier alpha value is -1.89. The van der Waals surface area contributed by atoms with Crippen molar-refractivity contribution in [3.05, 3.63) is 51.9 Å². The van der Waals surface area contributed by atoms with Gasteiger partial charge in [0.1, 0.15) is 10.6 Å². The summed E-state index contributed by atoms with van der Waals surface area (Å²) in [6, 6.07) is 10.0. The molecular weight excluding hydrogens is 348 g/mol. The van der Waals surface area contributed by atoms with Gasteiger partial charge in [0.2, 0.25) is 0 Å². The zero-order valence-corrected chi connectivity index (χ0v) is 16.3. The maximum atomic E-state index is 12.6. The lowest BCUT2D eigenvalue weighted by Crippen LogP contribution is -2.36. The fourth-order valence-electron chi connectivity index (χ4n) is 3.36. The first-order chi connectivity index (χ1) is 12.3. The first-order valence-corrected chi connectivity index (χ1v) is 9.65. The molecule has 1 unspecified atom stereocenters. The molecule has 0 amide bonds. The quantitative estimate of drug-likeness (QED) is 0.803. The normalized spacial score (nSPS) is 17.8. The van der Waals surface area contributed by atoms with Crippen LogP contribution in [-0.4, -0.2) is 34.7 Å². The molecule has 3 rings (SSSR count). The third kappa shape index (κ3) is 3.92. The number of carbonyl (C=O) groups excluding carboxylic acids is 1. The number of aliphatic hydroxyl groups excluding tert-OH is 1. The molecule has 26 heavy (non-hydrogen) atoms. The van der Waals surface area contributed by atoms with Gasteiger partial charge in [0.15, 0.2) is 0 Å². The van der Waals surface area contributed by atoms with Gasteiger partial charge in [-0.25, -0.2) is 4.79 Å². The molecule has 0 spiro atoms. The molecule has 0 bridgehead atoms. The Kier molecular flexibility index (Phi) is 5.37. The van der Waals surface area contributed by atoms with Crippen LogP contribution in [0.1, 0.15) is 53.2 Å². The summed E-state index contributed by atoms with van der Waals surface area (Å²) in [6.45, 7) is 7.05. The van der Waals surface area contributed by atoms with Crippen LogP contribution in [0, 0.1) is 0 Å². The van der Waals surface area contributed by atoms with Gasteiger partial charge in [-0.3, -0.25) is 4.90 Å². The number of thiophene rings is 1. The maximum absolute atomic E-state index is 12.6. The third-order valence-electron chi connectivity index (χ3n) is 4.46. The number of nitrogens with two attached hydrogens (primary N) is 1. The van der Waals surface area contributed by atoms with Crippen LogP contribution in [0.2, 0.25) is 0 Å². The summed E-state index contributed by atoms with van der Waals surface area (Å²) in [4.78, 5) is 15.8. The summed E-state index contributed by atoms with van der Waals surface area (Å²) in [5.74, 6) is -0.374. The SMILES string of the molecule is CC(C)(C)OC(=O)c1c(N)sc2c1CCN(Cc1ccccc1)C2CO. The highest BCUT2D eigenvalue weighted by Gasteiger charge is 2.35. The number of ether oxygens (including phenoxy) is 1. The molecule has 2 aromatic rings. The zero-order chi connectivity index (χ0) is 18.9. The monoisotopic (exact) mass is 374 g/mol. The molecule has 1 aliphatic rings. The van der Waals surface area contributed by atoms with Crippen molar-refractivity contribution in [2.75, 3.05) is 18.9 Å². The summed E-state index contributed by atoms with van der Waals surface area (Å²) < 4.78 is 5.53. The van der Waals surface area contributed by atoms with Crippen molar-refractivity contribution in [1.29, 1.82) is 0 Å². The van der Waals surface area contributed by atoms with Gasteiger partial charge in [-0.1, -0.05) is 30.3 Å². The van der Waals surface area contributed by atoms with E-state index < -0.39 is 5.60 Å². The standard InChI is InChI=1S/C20H26N2O3S/c1-20(2,3)25-19(24)16-14-9-10-22(11-13-7-5-4-6-8-13)15(12-23)17(14)26-18(16)21/h4-8,15,23H,9-12,21H2,1-3H3. The van der Waals surface area contributed by atoms with Gasteiger partial charge in [-0.05, 0) is 38.3 Å². The van der Waals surface area contributed by atoms with E-state index in [1.54, 1.807) is 0 Å². The largest absolute Gasteiger partial charge is 0.456 e. The van der Waals surface area contributed by atoms with Gasteiger partial charge >= 0.3 is 5.97 Å². The van der Waals surface area contributed by atoms with Crippen molar-refractivity contribution >= 4 is 22.3 Å². The van der Waals surface area contributed by atoms with Crippen LogP contribution in [0.5, 0.6) is 0 Å². The first-order valence-electron chi connectivity index (χ1n) is 8.83. The Labute approximate surface area is 158 Å². The number of hydrogen-bond acceptors (Lipinski definition) is 6. The number of aliphatic hydroxyl groups is 1. The van der Waals surface area contributed by atoms with Crippen LogP contribution in [0.25, 0.3) is 0 Å². The predicted octanol–water partition coefficient (Wildman–Crippen LogP) is 3.38. The van der Waals surface area contributed by atoms with E-state index in [4.69, 9.17) is 10.5 Å². The molecule has 2 heterocycles. The van der Waals surface area contributed by atoms with Gasteiger partial charge in [0.05, 0.1) is 18.2 Å². The Balaban J connectivity index is 1.88. The molecule has 140 valence electrons. The lowest BCUT2D eigenvalue weighted by molar-refractivity contribution is 0.00686. The minimum absolute atomic E-state index is 0.00640. The van der Waals surface area contributed by atoms with Gasteiger partial charge in [0, 0.05) is 18.0 Å². The Morgan fingerprint density at radius 2 is 2.04 bits per heavy atom. The van der Waals surface area contributed by atoms with Crippen molar-refractivity contribution in [1.82, 2.24) is 4.90 Å². The van der Waals surface area contributed by atoms with E-state index in [-0.39, 0.29) is 18.6 Å². The van der Waals surface area contributed by atoms with Gasteiger partial charge in [-0.2, -0.15) is 0 Å². The number of nitrogens with zero attached hydrogens (tertiary/aromatic N) is 1. The van der Waals surface area contributed by atoms with Gasteiger partial charge in [0.25, 0.3) is 0 Å². The number of fused-ring (bicyclic) bond motifs is 1. The molecule has 5 nitrogen and oxygen atoms in total. The second-order valence-corrected chi connectivity index (χ2v) is 8.67. The van der Waals surface area contributed by atoms with Gasteiger partial charge in [-0.15, -0.1) is 11.3 Å². The molecule has 0 fully saturated rings. The van der Waals surface area contributed by atoms with Crippen molar-refractivity contribution in [2.45, 2.75) is 45.4 Å². The Bertz CT molecular complexity index is 780. The second-order valence-electron chi connectivity index (χ2n) is 7.59. The number of carbonyl (C=O) groups is 1. The number of esters is 1. The lowest BCUT2D eigenvalue weighted by Gasteiger charge is -2.34. The predicted molar refractivity (Wildman–Crippen MR) is 104 cm³/mol. The summed E-state index contributed by atoms with van der Waals surface area (Å²) in [5.41, 5.74) is 8.23. The molecular formula is C20H26N2O3S. The Morgan fingerprint density at radius 3 is 2.65 bits per heavy atom. The van der Waals surface area contributed by atoms with E-state index >= 15 is 0 Å². The van der Waals surface area contributed by atoms with Crippen molar-refractivity contribution in [3.8, 4) is 0 Å². The molecule has 0 saturated heterocycles. The van der Waals surface area contributed by atoms with Crippen LogP contribution < -0.4 is 5.73 Å². The summed E-state index contributed by atoms with van der Waals surface area (Å²) in [6.07, 6.45) is 0.723. The van der Waals surface area contributed by atoms with Crippen LogP contribution >= 0.6 is 11.3 Å². The molecule has 1 aromatic heterocycles. The van der Waals surface area contributed by atoms with E-state index in [1.807, 2.05) is 39.0 Å². The fraction of sp³-hybridized carbons (Fsp3) is 0.450. The molecule has 0 radical (unpaired) electrons. The molecule has 1 aliphatic heterocycles. The molecule has 0 saturated carbocycles. The minimum Gasteiger partial charge on any atom is -0.456 e. The average molecular weight is 375 g/mol. The maximum Gasteiger partial charge on any atom is 0.341 e. The fourth-order valence-corrected chi connectivity index (χ4v) is 4.59. The number of rotatable bonds is 4. The molecule has 3 N–H and O–H groups in total. The molecule has 1 aromatic carbocycles. The van der Waals surface area contributed by atoms with E-state index in [1.165, 1.54) is 16.9 Å². The topological polar surface area (TPSA) is 75.8 Å². The van der Waals surface area contributed by atoms with Gasteiger partial charge < -0.3 is 15.6 Å². The average Bonchev–Trinajstić information content (AvgIpc) is 2.90. The first kappa shape index (κ1) is 18.9. The van der Waals surface area contributed by atoms with E-state index in [2.05, 4.69) is 17.0 Å². The zero-order valence-electron chi connectivity index (χ0n) is 15.5. The Morgan fingerprint density at radius 1 is 1.35 bits per heavy atom. The van der Waals surface area contributed by atoms with E-state index in [0.29, 0.717) is 10.6 Å². The lowest BCUT2D eigenvalue weighted by atomic mass is 9.97. The van der Waals surface area contributed by atoms with E-state index in [0.717, 1.165) is 30.0 Å². The third-order valence-corrected chi connectivity index (χ3v) is 5.62. The smallest absolute Gasteiger partial charge is 0.341 e. The summed E-state index contributed by atoms with van der Waals surface area (Å²) in [5, 5.41) is 10.5. The van der Waals surface area contributed by atoms with Crippen molar-refractivity contribution in [3.63, 3.8) is 0 Å². The number of nitrogen functional groups attached to an aromatic ring is 1. The highest BCUT2D eigenvalue weighted by molar-refractivity contribution is 7.16. The van der Waals surface area contributed by atoms with Crippen LogP contribution in [0.15, 0.2) is 30.3 Å². The minimum atomic E-state index is -0.567. The number of anilines is 1. The van der Waals surface area contributed by atoms with Crippen LogP contribution in [0.4, 0.5) is 5.00 Å². The van der Waals surface area contributed by atoms with E-state index in [9.17, 15) is 9.90 Å². The highest BCUT2D eigenvalue weighted by atomic mass is 32.1. The second kappa shape index (κ2) is 7.39. The van der Waals surface area contributed by atoms with Crippen LogP contribution in [-0.2, 0) is 17.7 Å². The van der Waals surface area contributed by atoms with Crippen molar-refractivity contribution < 1.29 is 14.6 Å². The number of benzene rings is 1. The summed E-state index contributed by atoms with van der Waals surface area (Å²) >= 11 is 1.39. The molecule has 6 heteroatoms. The summed E-state index contributed by atoms with van der Waals surface area (Å²) in [7, 11) is 0. The van der Waals surface area contributed by atoms with Crippen molar-refractivity contribution in [2.24, 2.45) is 0 Å².